The van der Waals surface area contributed by atoms with Gasteiger partial charge in [0.15, 0.2) is 11.6 Å². The Balaban J connectivity index is 2.10. The standard InChI is InChI=1S/C13H8F2N2O3/c14-10-5-2-6-11(15)12(10)17-20-13(18)8-3-1-4-9(7-8)16-19/h1-7,17H. The van der Waals surface area contributed by atoms with E-state index < -0.39 is 23.3 Å². The highest BCUT2D eigenvalue weighted by molar-refractivity contribution is 5.90. The van der Waals surface area contributed by atoms with Crippen molar-refractivity contribution < 1.29 is 18.4 Å². The SMILES string of the molecule is O=Nc1cccc(C(=O)ONc2c(F)cccc2F)c1. The monoisotopic (exact) mass is 278 g/mol. The second kappa shape index (κ2) is 5.87. The van der Waals surface area contributed by atoms with Crippen LogP contribution in [-0.4, -0.2) is 5.97 Å². The highest BCUT2D eigenvalue weighted by Crippen LogP contribution is 2.19. The van der Waals surface area contributed by atoms with E-state index in [9.17, 15) is 18.5 Å². The minimum absolute atomic E-state index is 0.0198. The van der Waals surface area contributed by atoms with Crippen molar-refractivity contribution in [3.63, 3.8) is 0 Å². The Morgan fingerprint density at radius 3 is 2.40 bits per heavy atom. The molecular weight excluding hydrogens is 270 g/mol. The lowest BCUT2D eigenvalue weighted by Gasteiger charge is -2.08. The van der Waals surface area contributed by atoms with Gasteiger partial charge in [-0.2, -0.15) is 0 Å². The van der Waals surface area contributed by atoms with Crippen LogP contribution in [0.1, 0.15) is 10.4 Å². The van der Waals surface area contributed by atoms with Crippen molar-refractivity contribution in [2.75, 3.05) is 5.48 Å². The summed E-state index contributed by atoms with van der Waals surface area (Å²) < 4.78 is 26.5. The van der Waals surface area contributed by atoms with Crippen LogP contribution < -0.4 is 5.48 Å². The highest BCUT2D eigenvalue weighted by Gasteiger charge is 2.12. The summed E-state index contributed by atoms with van der Waals surface area (Å²) >= 11 is 0. The van der Waals surface area contributed by atoms with E-state index >= 15 is 0 Å². The molecule has 0 atom stereocenters. The van der Waals surface area contributed by atoms with Crippen LogP contribution in [0, 0.1) is 16.5 Å². The molecule has 5 nitrogen and oxygen atoms in total. The van der Waals surface area contributed by atoms with E-state index in [1.807, 2.05) is 5.48 Å². The zero-order chi connectivity index (χ0) is 14.5. The molecule has 0 saturated heterocycles. The molecule has 0 fully saturated rings. The number of hydrogen-bond acceptors (Lipinski definition) is 5. The highest BCUT2D eigenvalue weighted by atomic mass is 19.1. The molecule has 7 heteroatoms. The third-order valence-electron chi connectivity index (χ3n) is 2.40. The summed E-state index contributed by atoms with van der Waals surface area (Å²) in [5.41, 5.74) is 1.39. The summed E-state index contributed by atoms with van der Waals surface area (Å²) in [7, 11) is 0. The van der Waals surface area contributed by atoms with Crippen molar-refractivity contribution in [2.45, 2.75) is 0 Å². The Hall–Kier alpha value is -2.83. The summed E-state index contributed by atoms with van der Waals surface area (Å²) in [4.78, 5) is 26.5. The topological polar surface area (TPSA) is 67.8 Å². The third kappa shape index (κ3) is 2.94. The molecular formula is C13H8F2N2O3. The van der Waals surface area contributed by atoms with Gasteiger partial charge in [0.25, 0.3) is 0 Å². The molecule has 2 rings (SSSR count). The average Bonchev–Trinajstić information content (AvgIpc) is 2.46. The minimum Gasteiger partial charge on any atom is -0.338 e. The fourth-order valence-electron chi connectivity index (χ4n) is 1.44. The molecule has 0 spiro atoms. The normalized spacial score (nSPS) is 9.90. The van der Waals surface area contributed by atoms with E-state index in [-0.39, 0.29) is 11.3 Å². The van der Waals surface area contributed by atoms with E-state index in [1.165, 1.54) is 30.3 Å². The third-order valence-corrected chi connectivity index (χ3v) is 2.40. The molecule has 0 aliphatic carbocycles. The summed E-state index contributed by atoms with van der Waals surface area (Å²) in [5, 5.41) is 2.66. The average molecular weight is 278 g/mol. The number of nitrogens with one attached hydrogen (secondary N) is 1. The second-order valence-corrected chi connectivity index (χ2v) is 3.73. The van der Waals surface area contributed by atoms with Crippen molar-refractivity contribution in [1.82, 2.24) is 0 Å². The van der Waals surface area contributed by atoms with Crippen LogP contribution in [-0.2, 0) is 4.84 Å². The first-order valence-corrected chi connectivity index (χ1v) is 5.46. The van der Waals surface area contributed by atoms with Gasteiger partial charge in [-0.25, -0.2) is 19.1 Å². The molecule has 0 heterocycles. The summed E-state index contributed by atoms with van der Waals surface area (Å²) in [6.07, 6.45) is 0. The lowest BCUT2D eigenvalue weighted by molar-refractivity contribution is 0.0594. The first-order chi connectivity index (χ1) is 9.61. The van der Waals surface area contributed by atoms with Gasteiger partial charge in [-0.3, -0.25) is 0 Å². The maximum absolute atomic E-state index is 13.3. The number of carbonyl (C=O) groups excluding carboxylic acids is 1. The number of nitrogens with zero attached hydrogens (tertiary/aromatic N) is 1. The second-order valence-electron chi connectivity index (χ2n) is 3.73. The number of anilines is 1. The van der Waals surface area contributed by atoms with Gasteiger partial charge in [-0.1, -0.05) is 12.1 Å². The Labute approximate surface area is 112 Å². The summed E-state index contributed by atoms with van der Waals surface area (Å²) in [6, 6.07) is 8.58. The molecule has 0 amide bonds. The van der Waals surface area contributed by atoms with Gasteiger partial charge in [-0.15, -0.1) is 4.91 Å². The van der Waals surface area contributed by atoms with Gasteiger partial charge < -0.3 is 4.84 Å². The summed E-state index contributed by atoms with van der Waals surface area (Å²) in [5.74, 6) is -2.71. The number of hydrogen-bond donors (Lipinski definition) is 1. The van der Waals surface area contributed by atoms with Crippen LogP contribution in [0.4, 0.5) is 20.2 Å². The molecule has 1 N–H and O–H groups in total. The van der Waals surface area contributed by atoms with Crippen molar-refractivity contribution >= 4 is 17.3 Å². The maximum Gasteiger partial charge on any atom is 0.362 e. The van der Waals surface area contributed by atoms with Crippen LogP contribution in [0.3, 0.4) is 0 Å². The fraction of sp³-hybridized carbons (Fsp3) is 0. The Bertz CT molecular complexity index is 642. The molecule has 2 aromatic rings. The lowest BCUT2D eigenvalue weighted by atomic mass is 10.2. The lowest BCUT2D eigenvalue weighted by Crippen LogP contribution is -2.12. The summed E-state index contributed by atoms with van der Waals surface area (Å²) in [6.45, 7) is 0. The Morgan fingerprint density at radius 2 is 1.75 bits per heavy atom. The van der Waals surface area contributed by atoms with Crippen LogP contribution in [0.5, 0.6) is 0 Å². The van der Waals surface area contributed by atoms with Crippen molar-refractivity contribution in [3.8, 4) is 0 Å². The van der Waals surface area contributed by atoms with Gasteiger partial charge in [0.1, 0.15) is 11.4 Å². The van der Waals surface area contributed by atoms with E-state index in [1.54, 1.807) is 0 Å². The largest absolute Gasteiger partial charge is 0.362 e. The quantitative estimate of drug-likeness (QED) is 0.686. The van der Waals surface area contributed by atoms with Gasteiger partial charge in [-0.05, 0) is 35.5 Å². The Morgan fingerprint density at radius 1 is 1.10 bits per heavy atom. The number of benzene rings is 2. The molecule has 2 aromatic carbocycles. The zero-order valence-corrected chi connectivity index (χ0v) is 9.97. The Kier molecular flexibility index (Phi) is 3.99. The first kappa shape index (κ1) is 13.6. The molecule has 102 valence electrons. The van der Waals surface area contributed by atoms with Crippen LogP contribution in [0.15, 0.2) is 47.6 Å². The van der Waals surface area contributed by atoms with Crippen LogP contribution in [0.2, 0.25) is 0 Å². The number of halogens is 2. The van der Waals surface area contributed by atoms with E-state index in [4.69, 9.17) is 0 Å². The van der Waals surface area contributed by atoms with Gasteiger partial charge >= 0.3 is 5.97 Å². The molecule has 0 saturated carbocycles. The predicted molar refractivity (Wildman–Crippen MR) is 67.3 cm³/mol. The van der Waals surface area contributed by atoms with Crippen molar-refractivity contribution in [1.29, 1.82) is 0 Å². The first-order valence-electron chi connectivity index (χ1n) is 5.46. The number of nitroso groups, excluding NO2 is 1. The van der Waals surface area contributed by atoms with Gasteiger partial charge in [0.05, 0.1) is 5.56 Å². The molecule has 0 aliphatic heterocycles. The van der Waals surface area contributed by atoms with Crippen molar-refractivity contribution in [3.05, 3.63) is 64.6 Å². The zero-order valence-electron chi connectivity index (χ0n) is 9.97. The molecule has 20 heavy (non-hydrogen) atoms. The fourth-order valence-corrected chi connectivity index (χ4v) is 1.44. The smallest absolute Gasteiger partial charge is 0.338 e. The van der Waals surface area contributed by atoms with Gasteiger partial charge in [0.2, 0.25) is 0 Å². The molecule has 0 radical (unpaired) electrons. The minimum atomic E-state index is -0.904. The van der Waals surface area contributed by atoms with E-state index in [2.05, 4.69) is 10.0 Å². The molecule has 0 bridgehead atoms. The molecule has 0 aromatic heterocycles. The molecule has 0 aliphatic rings. The number of para-hydroxylation sites is 1. The molecule has 0 unspecified atom stereocenters. The number of rotatable bonds is 4. The number of carbonyl (C=O) groups is 1. The van der Waals surface area contributed by atoms with E-state index in [0.717, 1.165) is 12.1 Å². The van der Waals surface area contributed by atoms with Crippen LogP contribution >= 0.6 is 0 Å². The van der Waals surface area contributed by atoms with Crippen molar-refractivity contribution in [2.24, 2.45) is 5.18 Å². The van der Waals surface area contributed by atoms with Gasteiger partial charge in [0, 0.05) is 0 Å². The maximum atomic E-state index is 13.3. The van der Waals surface area contributed by atoms with E-state index in [0.29, 0.717) is 0 Å². The van der Waals surface area contributed by atoms with Crippen LogP contribution in [0.25, 0.3) is 0 Å². The predicted octanol–water partition coefficient (Wildman–Crippen LogP) is 3.55.